The standard InChI is InChI=1S/C20H37N5O2/c1-3-21-19(22-16-20(7-8-20)9-14-27-4-2)25-12-10-24(11-13-25)15-18(26)23-17-5-6-17/h17H,3-16H2,1-2H3,(H,21,22)(H,23,26). The number of piperazine rings is 1. The van der Waals surface area contributed by atoms with Crippen LogP contribution in [0.4, 0.5) is 0 Å². The third kappa shape index (κ3) is 6.64. The number of amides is 1. The lowest BCUT2D eigenvalue weighted by atomic mass is 10.0. The van der Waals surface area contributed by atoms with Crippen molar-refractivity contribution in [3.8, 4) is 0 Å². The van der Waals surface area contributed by atoms with Crippen LogP contribution in [-0.2, 0) is 9.53 Å². The Morgan fingerprint density at radius 3 is 2.52 bits per heavy atom. The van der Waals surface area contributed by atoms with E-state index in [4.69, 9.17) is 9.73 Å². The number of hydrogen-bond acceptors (Lipinski definition) is 4. The molecule has 2 aliphatic carbocycles. The van der Waals surface area contributed by atoms with Crippen molar-refractivity contribution in [2.75, 3.05) is 59.0 Å². The fourth-order valence-electron chi connectivity index (χ4n) is 3.59. The summed E-state index contributed by atoms with van der Waals surface area (Å²) in [4.78, 5) is 21.6. The lowest BCUT2D eigenvalue weighted by Crippen LogP contribution is -2.54. The van der Waals surface area contributed by atoms with Crippen LogP contribution in [0.5, 0.6) is 0 Å². The van der Waals surface area contributed by atoms with E-state index < -0.39 is 0 Å². The molecule has 1 amide bonds. The fraction of sp³-hybridized carbons (Fsp3) is 0.900. The molecule has 0 aromatic heterocycles. The second-order valence-electron chi connectivity index (χ2n) is 8.22. The SMILES string of the molecule is CCNC(=NCC1(CCOCC)CC1)N1CCN(CC(=O)NC2CC2)CC1. The van der Waals surface area contributed by atoms with E-state index in [0.29, 0.717) is 18.0 Å². The first-order valence-corrected chi connectivity index (χ1v) is 10.8. The van der Waals surface area contributed by atoms with E-state index in [9.17, 15) is 4.79 Å². The average molecular weight is 380 g/mol. The molecule has 2 N–H and O–H groups in total. The molecule has 0 unspecified atom stereocenters. The predicted molar refractivity (Wildman–Crippen MR) is 108 cm³/mol. The molecule has 0 aromatic rings. The Hall–Kier alpha value is -1.34. The zero-order valence-corrected chi connectivity index (χ0v) is 17.1. The van der Waals surface area contributed by atoms with Crippen LogP contribution in [0.15, 0.2) is 4.99 Å². The van der Waals surface area contributed by atoms with Gasteiger partial charge in [0.05, 0.1) is 6.54 Å². The molecule has 0 atom stereocenters. The minimum Gasteiger partial charge on any atom is -0.382 e. The molecule has 154 valence electrons. The van der Waals surface area contributed by atoms with Gasteiger partial charge in [0.25, 0.3) is 0 Å². The molecule has 0 aromatic carbocycles. The summed E-state index contributed by atoms with van der Waals surface area (Å²) in [6, 6.07) is 0.448. The number of ether oxygens (including phenoxy) is 1. The molecular weight excluding hydrogens is 342 g/mol. The summed E-state index contributed by atoms with van der Waals surface area (Å²) in [5.41, 5.74) is 0.374. The molecule has 3 fully saturated rings. The highest BCUT2D eigenvalue weighted by Crippen LogP contribution is 2.49. The van der Waals surface area contributed by atoms with Crippen molar-refractivity contribution < 1.29 is 9.53 Å². The number of nitrogens with one attached hydrogen (secondary N) is 2. The normalized spacial score (nSPS) is 22.6. The van der Waals surface area contributed by atoms with E-state index in [1.165, 1.54) is 12.8 Å². The van der Waals surface area contributed by atoms with E-state index in [1.807, 2.05) is 0 Å². The highest BCUT2D eigenvalue weighted by atomic mass is 16.5. The largest absolute Gasteiger partial charge is 0.382 e. The molecule has 27 heavy (non-hydrogen) atoms. The molecule has 1 aliphatic heterocycles. The second-order valence-corrected chi connectivity index (χ2v) is 8.22. The van der Waals surface area contributed by atoms with Crippen molar-refractivity contribution in [3.05, 3.63) is 0 Å². The van der Waals surface area contributed by atoms with E-state index in [1.54, 1.807) is 0 Å². The Morgan fingerprint density at radius 2 is 1.93 bits per heavy atom. The summed E-state index contributed by atoms with van der Waals surface area (Å²) in [5.74, 6) is 1.21. The topological polar surface area (TPSA) is 69.2 Å². The van der Waals surface area contributed by atoms with Gasteiger partial charge in [0.1, 0.15) is 0 Å². The Bertz CT molecular complexity index is 509. The zero-order chi connectivity index (χ0) is 19.1. The summed E-state index contributed by atoms with van der Waals surface area (Å²) >= 11 is 0. The van der Waals surface area contributed by atoms with Crippen molar-refractivity contribution >= 4 is 11.9 Å². The van der Waals surface area contributed by atoms with Gasteiger partial charge in [0.2, 0.25) is 5.91 Å². The first-order valence-electron chi connectivity index (χ1n) is 10.8. The Kier molecular flexibility index (Phi) is 7.35. The number of carbonyl (C=O) groups is 1. The maximum Gasteiger partial charge on any atom is 0.234 e. The molecule has 2 saturated carbocycles. The van der Waals surface area contributed by atoms with Crippen LogP contribution in [0.1, 0.15) is 46.0 Å². The highest BCUT2D eigenvalue weighted by Gasteiger charge is 2.42. The minimum atomic E-state index is 0.177. The van der Waals surface area contributed by atoms with Gasteiger partial charge in [-0.25, -0.2) is 0 Å². The molecular formula is C20H37N5O2. The second kappa shape index (κ2) is 9.73. The van der Waals surface area contributed by atoms with Crippen LogP contribution in [0.25, 0.3) is 0 Å². The third-order valence-electron chi connectivity index (χ3n) is 5.82. The van der Waals surface area contributed by atoms with Gasteiger partial charge in [-0.3, -0.25) is 14.7 Å². The Balaban J connectivity index is 1.43. The highest BCUT2D eigenvalue weighted by molar-refractivity contribution is 5.80. The number of guanidine groups is 1. The molecule has 3 rings (SSSR count). The molecule has 0 spiro atoms. The Morgan fingerprint density at radius 1 is 1.19 bits per heavy atom. The van der Waals surface area contributed by atoms with Crippen LogP contribution >= 0.6 is 0 Å². The monoisotopic (exact) mass is 379 g/mol. The lowest BCUT2D eigenvalue weighted by Gasteiger charge is -2.36. The third-order valence-corrected chi connectivity index (χ3v) is 5.82. The van der Waals surface area contributed by atoms with Crippen LogP contribution in [0.3, 0.4) is 0 Å². The van der Waals surface area contributed by atoms with Crippen LogP contribution in [0, 0.1) is 5.41 Å². The van der Waals surface area contributed by atoms with Crippen LogP contribution in [-0.4, -0.2) is 86.7 Å². The van der Waals surface area contributed by atoms with Crippen molar-refractivity contribution in [3.63, 3.8) is 0 Å². The number of hydrogen-bond donors (Lipinski definition) is 2. The van der Waals surface area contributed by atoms with Gasteiger partial charge in [-0.1, -0.05) is 0 Å². The maximum atomic E-state index is 12.0. The maximum absolute atomic E-state index is 12.0. The van der Waals surface area contributed by atoms with E-state index in [2.05, 4.69) is 34.3 Å². The number of nitrogens with zero attached hydrogens (tertiary/aromatic N) is 3. The Labute approximate surface area is 163 Å². The smallest absolute Gasteiger partial charge is 0.234 e. The minimum absolute atomic E-state index is 0.177. The average Bonchev–Trinajstić information content (AvgIpc) is 3.58. The lowest BCUT2D eigenvalue weighted by molar-refractivity contribution is -0.122. The van der Waals surface area contributed by atoms with Gasteiger partial charge in [-0.2, -0.15) is 0 Å². The molecule has 1 heterocycles. The van der Waals surface area contributed by atoms with E-state index in [0.717, 1.165) is 77.7 Å². The summed E-state index contributed by atoms with van der Waals surface area (Å²) < 4.78 is 5.54. The predicted octanol–water partition coefficient (Wildman–Crippen LogP) is 1.05. The van der Waals surface area contributed by atoms with Crippen molar-refractivity contribution in [2.24, 2.45) is 10.4 Å². The summed E-state index contributed by atoms with van der Waals surface area (Å²) in [7, 11) is 0. The van der Waals surface area contributed by atoms with Gasteiger partial charge >= 0.3 is 0 Å². The summed E-state index contributed by atoms with van der Waals surface area (Å²) in [6.45, 7) is 11.8. The summed E-state index contributed by atoms with van der Waals surface area (Å²) in [5, 5.41) is 6.54. The first-order chi connectivity index (χ1) is 13.1. The quantitative estimate of drug-likeness (QED) is 0.337. The van der Waals surface area contributed by atoms with Crippen molar-refractivity contribution in [2.45, 2.75) is 52.0 Å². The van der Waals surface area contributed by atoms with Crippen LogP contribution in [0.2, 0.25) is 0 Å². The molecule has 0 bridgehead atoms. The molecule has 7 heteroatoms. The number of aliphatic imine (C=N–C) groups is 1. The van der Waals surface area contributed by atoms with E-state index >= 15 is 0 Å². The number of carbonyl (C=O) groups excluding carboxylic acids is 1. The number of rotatable bonds is 10. The van der Waals surface area contributed by atoms with Gasteiger partial charge in [0, 0.05) is 58.5 Å². The van der Waals surface area contributed by atoms with Crippen molar-refractivity contribution in [1.82, 2.24) is 20.4 Å². The molecule has 7 nitrogen and oxygen atoms in total. The zero-order valence-electron chi connectivity index (χ0n) is 17.1. The first kappa shape index (κ1) is 20.4. The van der Waals surface area contributed by atoms with Crippen molar-refractivity contribution in [1.29, 1.82) is 0 Å². The fourth-order valence-corrected chi connectivity index (χ4v) is 3.59. The molecule has 3 aliphatic rings. The molecule has 0 radical (unpaired) electrons. The van der Waals surface area contributed by atoms with Gasteiger partial charge in [-0.15, -0.1) is 0 Å². The van der Waals surface area contributed by atoms with Gasteiger partial charge in [0.15, 0.2) is 5.96 Å². The molecule has 1 saturated heterocycles. The summed E-state index contributed by atoms with van der Waals surface area (Å²) in [6.07, 6.45) is 5.95. The van der Waals surface area contributed by atoms with E-state index in [-0.39, 0.29) is 5.91 Å². The van der Waals surface area contributed by atoms with Gasteiger partial charge < -0.3 is 20.3 Å². The van der Waals surface area contributed by atoms with Crippen LogP contribution < -0.4 is 10.6 Å². The van der Waals surface area contributed by atoms with Gasteiger partial charge in [-0.05, 0) is 51.4 Å².